The van der Waals surface area contributed by atoms with E-state index in [9.17, 15) is 29.8 Å². The van der Waals surface area contributed by atoms with Crippen molar-refractivity contribution in [2.24, 2.45) is 10.2 Å². The van der Waals surface area contributed by atoms with Crippen molar-refractivity contribution in [3.8, 4) is 0 Å². The van der Waals surface area contributed by atoms with Gasteiger partial charge in [0.25, 0.3) is 10.1 Å². The molecule has 0 saturated carbocycles. The summed E-state index contributed by atoms with van der Waals surface area (Å²) < 4.78 is 90.6. The minimum atomic E-state index is -4.75. The van der Waals surface area contributed by atoms with E-state index in [2.05, 4.69) is 14.4 Å². The third-order valence-electron chi connectivity index (χ3n) is 3.78. The van der Waals surface area contributed by atoms with Gasteiger partial charge in [0, 0.05) is 14.1 Å². The Kier molecular flexibility index (Phi) is 7.51. The Balaban J connectivity index is 2.30. The van der Waals surface area contributed by atoms with Gasteiger partial charge in [-0.2, -0.15) is 21.9 Å². The third-order valence-corrected chi connectivity index (χ3v) is 6.83. The van der Waals surface area contributed by atoms with E-state index in [0.717, 1.165) is 0 Å². The van der Waals surface area contributed by atoms with Gasteiger partial charge in [-0.05, 0) is 36.4 Å². The van der Waals surface area contributed by atoms with Crippen LogP contribution in [-0.4, -0.2) is 60.8 Å². The smallest absolute Gasteiger partial charge is 0.376 e. The van der Waals surface area contributed by atoms with Crippen LogP contribution in [0.1, 0.15) is 0 Å². The summed E-state index contributed by atoms with van der Waals surface area (Å²) in [6.45, 7) is -0.762. The fourth-order valence-corrected chi connectivity index (χ4v) is 4.50. The summed E-state index contributed by atoms with van der Waals surface area (Å²) in [6, 6.07) is 9.16. The molecule has 0 aromatic heterocycles. The molecule has 2 aromatic rings. The Labute approximate surface area is 179 Å². The second-order valence-corrected chi connectivity index (χ2v) is 10.8. The fourth-order valence-electron chi connectivity index (χ4n) is 2.38. The molecule has 0 heterocycles. The van der Waals surface area contributed by atoms with Crippen LogP contribution in [0, 0.1) is 0 Å². The summed E-state index contributed by atoms with van der Waals surface area (Å²) in [4.78, 5) is 0.978. The molecule has 170 valence electrons. The van der Waals surface area contributed by atoms with Crippen molar-refractivity contribution in [2.45, 2.75) is 9.79 Å². The minimum absolute atomic E-state index is 0.103. The maximum Gasteiger partial charge on any atom is 0.397 e. The van der Waals surface area contributed by atoms with Gasteiger partial charge in [0.1, 0.15) is 10.6 Å². The molecule has 0 spiro atoms. The number of nitrogens with zero attached hydrogens (tertiary/aromatic N) is 3. The number of anilines is 1. The molecular formula is C16H19N3O9S3. The Hall–Kier alpha value is -2.43. The van der Waals surface area contributed by atoms with Gasteiger partial charge in [0.15, 0.2) is 9.84 Å². The molecule has 0 unspecified atom stereocenters. The van der Waals surface area contributed by atoms with Crippen LogP contribution < -0.4 is 4.90 Å². The maximum absolute atomic E-state index is 12.2. The van der Waals surface area contributed by atoms with Crippen molar-refractivity contribution in [1.82, 2.24) is 0 Å². The first-order chi connectivity index (χ1) is 14.2. The molecule has 2 aromatic carbocycles. The number of benzene rings is 2. The average Bonchev–Trinajstić information content (AvgIpc) is 2.64. The van der Waals surface area contributed by atoms with Crippen LogP contribution in [0.3, 0.4) is 0 Å². The number of sulfone groups is 1. The molecule has 2 N–H and O–H groups in total. The molecule has 0 aliphatic carbocycles. The standard InChI is InChI=1S/C16H19N3O9S3/c1-19(2)14-4-3-5-15(30(22,23)24)16(14)18-17-12-6-8-13(9-7-12)29(20,21)11-10-28-31(25,26)27/h3-9H,10-11H2,1-2H3,(H,22,23,24)(H,25,26,27)/b18-17+. The molecule has 0 bridgehead atoms. The zero-order chi connectivity index (χ0) is 23.4. The summed E-state index contributed by atoms with van der Waals surface area (Å²) in [6.07, 6.45) is 0. The minimum Gasteiger partial charge on any atom is -0.376 e. The number of rotatable bonds is 9. The van der Waals surface area contributed by atoms with Crippen LogP contribution >= 0.6 is 0 Å². The SMILES string of the molecule is CN(C)c1cccc(S(=O)(=O)O)c1/N=N/c1ccc(S(=O)(=O)CCOS(=O)(=O)O)cc1. The largest absolute Gasteiger partial charge is 0.397 e. The molecule has 0 radical (unpaired) electrons. The highest BCUT2D eigenvalue weighted by molar-refractivity contribution is 7.91. The van der Waals surface area contributed by atoms with Crippen molar-refractivity contribution >= 4 is 47.4 Å². The molecule has 0 saturated heterocycles. The number of hydrogen-bond acceptors (Lipinski definition) is 10. The van der Waals surface area contributed by atoms with Crippen molar-refractivity contribution in [2.75, 3.05) is 31.4 Å². The molecule has 0 aliphatic rings. The van der Waals surface area contributed by atoms with Crippen LogP contribution in [0.2, 0.25) is 0 Å². The molecule has 31 heavy (non-hydrogen) atoms. The van der Waals surface area contributed by atoms with Crippen LogP contribution in [0.4, 0.5) is 17.1 Å². The molecule has 2 rings (SSSR count). The average molecular weight is 494 g/mol. The highest BCUT2D eigenvalue weighted by Crippen LogP contribution is 2.35. The lowest BCUT2D eigenvalue weighted by atomic mass is 10.2. The predicted octanol–water partition coefficient (Wildman–Crippen LogP) is 2.01. The van der Waals surface area contributed by atoms with Gasteiger partial charge in [0.05, 0.1) is 28.6 Å². The summed E-state index contributed by atoms with van der Waals surface area (Å²) >= 11 is 0. The van der Waals surface area contributed by atoms with Gasteiger partial charge in [-0.25, -0.2) is 12.6 Å². The molecule has 0 atom stereocenters. The summed E-state index contributed by atoms with van der Waals surface area (Å²) in [5.41, 5.74) is 0.453. The van der Waals surface area contributed by atoms with Gasteiger partial charge in [0.2, 0.25) is 0 Å². The van der Waals surface area contributed by atoms with Crippen molar-refractivity contribution in [3.05, 3.63) is 42.5 Å². The van der Waals surface area contributed by atoms with E-state index < -0.39 is 47.6 Å². The fraction of sp³-hybridized carbons (Fsp3) is 0.250. The van der Waals surface area contributed by atoms with Crippen LogP contribution in [-0.2, 0) is 34.5 Å². The van der Waals surface area contributed by atoms with Crippen LogP contribution in [0.15, 0.2) is 62.5 Å². The number of azo groups is 1. The Morgan fingerprint density at radius 3 is 2.03 bits per heavy atom. The van der Waals surface area contributed by atoms with E-state index in [4.69, 9.17) is 4.55 Å². The van der Waals surface area contributed by atoms with E-state index in [0.29, 0.717) is 5.69 Å². The summed E-state index contributed by atoms with van der Waals surface area (Å²) in [5.74, 6) is -0.693. The van der Waals surface area contributed by atoms with Crippen LogP contribution in [0.5, 0.6) is 0 Å². The first-order valence-corrected chi connectivity index (χ1v) is 12.8. The quantitative estimate of drug-likeness (QED) is 0.387. The molecule has 0 aliphatic heterocycles. The molecule has 12 nitrogen and oxygen atoms in total. The predicted molar refractivity (Wildman–Crippen MR) is 111 cm³/mol. The molecule has 15 heteroatoms. The Morgan fingerprint density at radius 2 is 1.52 bits per heavy atom. The van der Waals surface area contributed by atoms with Gasteiger partial charge in [-0.1, -0.05) is 6.07 Å². The maximum atomic E-state index is 12.2. The molecule has 0 fully saturated rings. The lowest BCUT2D eigenvalue weighted by Crippen LogP contribution is -2.15. The third kappa shape index (κ3) is 7.05. The first-order valence-electron chi connectivity index (χ1n) is 8.35. The zero-order valence-electron chi connectivity index (χ0n) is 16.3. The van der Waals surface area contributed by atoms with E-state index in [1.54, 1.807) is 25.1 Å². The molecule has 0 amide bonds. The van der Waals surface area contributed by atoms with Crippen molar-refractivity contribution < 1.29 is 38.5 Å². The Bertz CT molecular complexity index is 1290. The summed E-state index contributed by atoms with van der Waals surface area (Å²) in [7, 11) is -9.93. The summed E-state index contributed by atoms with van der Waals surface area (Å²) in [5, 5.41) is 7.82. The highest BCUT2D eigenvalue weighted by Gasteiger charge is 2.20. The van der Waals surface area contributed by atoms with Gasteiger partial charge in [-0.15, -0.1) is 5.11 Å². The van der Waals surface area contributed by atoms with Crippen molar-refractivity contribution in [3.63, 3.8) is 0 Å². The van der Waals surface area contributed by atoms with Crippen molar-refractivity contribution in [1.29, 1.82) is 0 Å². The van der Waals surface area contributed by atoms with E-state index in [-0.39, 0.29) is 16.3 Å². The number of hydrogen-bond donors (Lipinski definition) is 2. The first kappa shape index (κ1) is 24.8. The highest BCUT2D eigenvalue weighted by atomic mass is 32.3. The van der Waals surface area contributed by atoms with E-state index >= 15 is 0 Å². The second-order valence-electron chi connectivity index (χ2n) is 6.26. The zero-order valence-corrected chi connectivity index (χ0v) is 18.7. The lowest BCUT2D eigenvalue weighted by molar-refractivity contribution is 0.284. The topological polar surface area (TPSA) is 180 Å². The van der Waals surface area contributed by atoms with Gasteiger partial charge >= 0.3 is 10.4 Å². The normalized spacial score (nSPS) is 12.9. The Morgan fingerprint density at radius 1 is 0.903 bits per heavy atom. The van der Waals surface area contributed by atoms with Gasteiger partial charge < -0.3 is 4.90 Å². The monoisotopic (exact) mass is 493 g/mol. The lowest BCUT2D eigenvalue weighted by Gasteiger charge is -2.16. The van der Waals surface area contributed by atoms with E-state index in [1.165, 1.54) is 36.4 Å². The van der Waals surface area contributed by atoms with E-state index in [1.807, 2.05) is 0 Å². The molecular weight excluding hydrogens is 474 g/mol. The second kappa shape index (κ2) is 9.37. The van der Waals surface area contributed by atoms with Gasteiger partial charge in [-0.3, -0.25) is 9.11 Å². The van der Waals surface area contributed by atoms with Crippen LogP contribution in [0.25, 0.3) is 0 Å².